The van der Waals surface area contributed by atoms with E-state index in [4.69, 9.17) is 9.84 Å². The van der Waals surface area contributed by atoms with Crippen molar-refractivity contribution >= 4 is 29.2 Å². The number of ether oxygens (including phenoxy) is 1. The zero-order valence-corrected chi connectivity index (χ0v) is 13.4. The van der Waals surface area contributed by atoms with Crippen LogP contribution >= 0.6 is 0 Å². The molecule has 0 spiro atoms. The molecule has 9 heteroatoms. The zero-order chi connectivity index (χ0) is 19.0. The van der Waals surface area contributed by atoms with Gasteiger partial charge in [0.2, 0.25) is 12.1 Å². The maximum Gasteiger partial charge on any atom is 0.342 e. The van der Waals surface area contributed by atoms with E-state index < -0.39 is 29.0 Å². The molecule has 2 aromatic carbocycles. The number of aromatic carboxylic acids is 1. The number of non-ortho nitro benzene ring substituents is 1. The van der Waals surface area contributed by atoms with Crippen LogP contribution in [0.5, 0.6) is 0 Å². The molecule has 26 heavy (non-hydrogen) atoms. The Morgan fingerprint density at radius 1 is 1.23 bits per heavy atom. The summed E-state index contributed by atoms with van der Waals surface area (Å²) in [6, 6.07) is 9.04. The first-order chi connectivity index (χ1) is 12.3. The van der Waals surface area contributed by atoms with E-state index in [1.165, 1.54) is 49.4 Å². The number of cyclic esters (lactones) is 1. The van der Waals surface area contributed by atoms with Gasteiger partial charge in [0.15, 0.2) is 0 Å². The van der Waals surface area contributed by atoms with Crippen LogP contribution in [-0.2, 0) is 9.53 Å². The molecule has 3 rings (SSSR count). The van der Waals surface area contributed by atoms with Gasteiger partial charge in [0.1, 0.15) is 0 Å². The van der Waals surface area contributed by atoms with E-state index in [1.807, 2.05) is 0 Å². The van der Waals surface area contributed by atoms with Gasteiger partial charge in [-0.25, -0.2) is 9.59 Å². The van der Waals surface area contributed by atoms with Crippen LogP contribution < -0.4 is 4.90 Å². The van der Waals surface area contributed by atoms with E-state index >= 15 is 0 Å². The van der Waals surface area contributed by atoms with Crippen LogP contribution in [0.25, 0.3) is 0 Å². The van der Waals surface area contributed by atoms with E-state index in [0.717, 1.165) is 4.90 Å². The molecular formula is C17H12N2O7. The van der Waals surface area contributed by atoms with Gasteiger partial charge < -0.3 is 9.84 Å². The summed E-state index contributed by atoms with van der Waals surface area (Å²) in [4.78, 5) is 47.2. The van der Waals surface area contributed by atoms with Gasteiger partial charge in [-0.05, 0) is 18.2 Å². The lowest BCUT2D eigenvalue weighted by atomic mass is 10.0. The zero-order valence-electron chi connectivity index (χ0n) is 13.4. The SMILES string of the molecule is CC(=O)N1c2cc(C(=O)O)ccc2C(=O)OC1c1cccc([N+](=O)[O-])c1. The number of nitrogens with zero attached hydrogens (tertiary/aromatic N) is 2. The number of anilines is 1. The minimum atomic E-state index is -1.24. The van der Waals surface area contributed by atoms with Crippen LogP contribution in [0.4, 0.5) is 11.4 Å². The maximum absolute atomic E-state index is 12.3. The summed E-state index contributed by atoms with van der Waals surface area (Å²) in [6.07, 6.45) is -1.24. The normalized spacial score (nSPS) is 15.8. The molecule has 0 radical (unpaired) electrons. The first kappa shape index (κ1) is 17.1. The van der Waals surface area contributed by atoms with E-state index in [1.54, 1.807) is 0 Å². The average Bonchev–Trinajstić information content (AvgIpc) is 2.60. The van der Waals surface area contributed by atoms with Gasteiger partial charge in [-0.2, -0.15) is 0 Å². The van der Waals surface area contributed by atoms with E-state index in [9.17, 15) is 24.5 Å². The minimum Gasteiger partial charge on any atom is -0.478 e. The summed E-state index contributed by atoms with van der Waals surface area (Å²) in [5, 5.41) is 20.1. The monoisotopic (exact) mass is 356 g/mol. The number of carboxylic acids is 1. The number of carboxylic acid groups (broad SMARTS) is 1. The molecule has 1 unspecified atom stereocenters. The number of hydrogen-bond donors (Lipinski definition) is 1. The predicted molar refractivity (Wildman–Crippen MR) is 87.8 cm³/mol. The lowest BCUT2D eigenvalue weighted by Crippen LogP contribution is -2.40. The number of fused-ring (bicyclic) bond motifs is 1. The van der Waals surface area contributed by atoms with Crippen LogP contribution in [0.3, 0.4) is 0 Å². The van der Waals surface area contributed by atoms with E-state index in [2.05, 4.69) is 0 Å². The lowest BCUT2D eigenvalue weighted by molar-refractivity contribution is -0.385. The molecule has 0 saturated carbocycles. The van der Waals surface area contributed by atoms with Gasteiger partial charge in [-0.1, -0.05) is 12.1 Å². The quantitative estimate of drug-likeness (QED) is 0.508. The number of carbonyl (C=O) groups excluding carboxylic acids is 2. The van der Waals surface area contributed by atoms with Crippen molar-refractivity contribution < 1.29 is 29.2 Å². The first-order valence-electron chi connectivity index (χ1n) is 7.42. The smallest absolute Gasteiger partial charge is 0.342 e. The van der Waals surface area contributed by atoms with Gasteiger partial charge in [-0.3, -0.25) is 19.8 Å². The summed E-state index contributed by atoms with van der Waals surface area (Å²) >= 11 is 0. The first-order valence-corrected chi connectivity index (χ1v) is 7.42. The van der Waals surface area contributed by atoms with Crippen molar-refractivity contribution in [2.75, 3.05) is 4.90 Å². The summed E-state index contributed by atoms with van der Waals surface area (Å²) in [7, 11) is 0. The van der Waals surface area contributed by atoms with Crippen LogP contribution in [-0.4, -0.2) is 27.9 Å². The van der Waals surface area contributed by atoms with Crippen molar-refractivity contribution in [3.63, 3.8) is 0 Å². The Morgan fingerprint density at radius 3 is 2.58 bits per heavy atom. The topological polar surface area (TPSA) is 127 Å². The molecule has 1 aliphatic heterocycles. The summed E-state index contributed by atoms with van der Waals surface area (Å²) in [5.74, 6) is -2.49. The van der Waals surface area contributed by atoms with Crippen molar-refractivity contribution in [3.8, 4) is 0 Å². The van der Waals surface area contributed by atoms with Crippen LogP contribution in [0.15, 0.2) is 42.5 Å². The molecule has 0 saturated heterocycles. The van der Waals surface area contributed by atoms with Crippen molar-refractivity contribution in [3.05, 3.63) is 69.3 Å². The van der Waals surface area contributed by atoms with Crippen molar-refractivity contribution in [2.24, 2.45) is 0 Å². The summed E-state index contributed by atoms with van der Waals surface area (Å²) in [6.45, 7) is 1.22. The van der Waals surface area contributed by atoms with Gasteiger partial charge in [0.25, 0.3) is 5.69 Å². The number of amides is 1. The molecule has 1 N–H and O–H groups in total. The third-order valence-electron chi connectivity index (χ3n) is 3.88. The largest absolute Gasteiger partial charge is 0.478 e. The molecular weight excluding hydrogens is 344 g/mol. The van der Waals surface area contributed by atoms with Gasteiger partial charge in [-0.15, -0.1) is 0 Å². The fourth-order valence-corrected chi connectivity index (χ4v) is 2.72. The van der Waals surface area contributed by atoms with Crippen molar-refractivity contribution in [1.82, 2.24) is 0 Å². The Hall–Kier alpha value is -3.75. The number of carbonyl (C=O) groups is 3. The molecule has 0 bridgehead atoms. The standard InChI is InChI=1S/C17H12N2O7/c1-9(20)18-14-8-11(16(21)22)5-6-13(14)17(23)26-15(18)10-3-2-4-12(7-10)19(24)25/h2-8,15H,1H3,(H,21,22). The lowest BCUT2D eigenvalue weighted by Gasteiger charge is -2.35. The summed E-state index contributed by atoms with van der Waals surface area (Å²) < 4.78 is 5.30. The molecule has 1 atom stereocenters. The number of esters is 1. The number of nitro groups is 1. The molecule has 0 aliphatic carbocycles. The fraction of sp³-hybridized carbons (Fsp3) is 0.118. The number of nitro benzene ring substituents is 1. The van der Waals surface area contributed by atoms with Gasteiger partial charge in [0, 0.05) is 24.6 Å². The number of hydrogen-bond acceptors (Lipinski definition) is 6. The highest BCUT2D eigenvalue weighted by Crippen LogP contribution is 2.38. The Balaban J connectivity index is 2.16. The molecule has 1 aliphatic rings. The second-order valence-electron chi connectivity index (χ2n) is 5.54. The maximum atomic E-state index is 12.3. The molecule has 132 valence electrons. The highest BCUT2D eigenvalue weighted by molar-refractivity contribution is 6.06. The molecule has 1 amide bonds. The minimum absolute atomic E-state index is 0.0341. The second kappa shape index (κ2) is 6.28. The number of benzene rings is 2. The molecule has 0 fully saturated rings. The van der Waals surface area contributed by atoms with Crippen LogP contribution in [0.1, 0.15) is 39.4 Å². The average molecular weight is 356 g/mol. The third-order valence-corrected chi connectivity index (χ3v) is 3.88. The Kier molecular flexibility index (Phi) is 4.13. The molecule has 0 aromatic heterocycles. The highest BCUT2D eigenvalue weighted by atomic mass is 16.6. The van der Waals surface area contributed by atoms with Crippen molar-refractivity contribution in [1.29, 1.82) is 0 Å². The van der Waals surface area contributed by atoms with Crippen LogP contribution in [0, 0.1) is 10.1 Å². The molecule has 9 nitrogen and oxygen atoms in total. The number of rotatable bonds is 3. The van der Waals surface area contributed by atoms with Crippen molar-refractivity contribution in [2.45, 2.75) is 13.2 Å². The molecule has 1 heterocycles. The van der Waals surface area contributed by atoms with E-state index in [-0.39, 0.29) is 28.1 Å². The van der Waals surface area contributed by atoms with Gasteiger partial charge >= 0.3 is 11.9 Å². The summed E-state index contributed by atoms with van der Waals surface area (Å²) in [5.41, 5.74) is -0.0132. The fourth-order valence-electron chi connectivity index (χ4n) is 2.72. The Labute approximate surface area is 146 Å². The second-order valence-corrected chi connectivity index (χ2v) is 5.54. The predicted octanol–water partition coefficient (Wildman–Crippen LogP) is 2.52. The van der Waals surface area contributed by atoms with E-state index in [0.29, 0.717) is 0 Å². The third kappa shape index (κ3) is 2.86. The van der Waals surface area contributed by atoms with Gasteiger partial charge in [0.05, 0.1) is 21.7 Å². The Morgan fingerprint density at radius 2 is 1.96 bits per heavy atom. The molecule has 2 aromatic rings. The highest BCUT2D eigenvalue weighted by Gasteiger charge is 2.37. The van der Waals surface area contributed by atoms with Crippen LogP contribution in [0.2, 0.25) is 0 Å². The Bertz CT molecular complexity index is 954.